The topological polar surface area (TPSA) is 12.0 Å². The molecule has 0 unspecified atom stereocenters. The Balaban J connectivity index is 1.99. The lowest BCUT2D eigenvalue weighted by Crippen LogP contribution is -2.03. The molecule has 0 atom stereocenters. The normalized spacial score (nSPS) is 15.4. The Morgan fingerprint density at radius 3 is 2.40 bits per heavy atom. The number of nitrogens with one attached hydrogen (secondary N) is 1. The third-order valence-electron chi connectivity index (χ3n) is 2.56. The van der Waals surface area contributed by atoms with Crippen molar-refractivity contribution in [3.05, 3.63) is 28.0 Å². The summed E-state index contributed by atoms with van der Waals surface area (Å²) in [5.74, 6) is 0.452. The van der Waals surface area contributed by atoms with Crippen molar-refractivity contribution < 1.29 is 4.39 Å². The van der Waals surface area contributed by atoms with Gasteiger partial charge in [0.25, 0.3) is 0 Å². The molecule has 0 aliphatic heterocycles. The Labute approximate surface area is 98.6 Å². The van der Waals surface area contributed by atoms with Crippen molar-refractivity contribution >= 4 is 28.9 Å². The van der Waals surface area contributed by atoms with Gasteiger partial charge in [-0.2, -0.15) is 0 Å². The number of hydrogen-bond donors (Lipinski definition) is 1. The highest BCUT2D eigenvalue weighted by Gasteiger charge is 2.20. The molecule has 1 aromatic carbocycles. The molecule has 1 aliphatic rings. The molecule has 2 rings (SSSR count). The Morgan fingerprint density at radius 1 is 1.27 bits per heavy atom. The zero-order valence-corrected chi connectivity index (χ0v) is 9.71. The zero-order valence-electron chi connectivity index (χ0n) is 8.19. The van der Waals surface area contributed by atoms with E-state index in [1.54, 1.807) is 0 Å². The van der Waals surface area contributed by atoms with Crippen LogP contribution in [-0.2, 0) is 0 Å². The fraction of sp³-hybridized carbons (Fsp3) is 0.455. The van der Waals surface area contributed by atoms with Crippen molar-refractivity contribution in [1.29, 1.82) is 0 Å². The first-order valence-electron chi connectivity index (χ1n) is 5.05. The van der Waals surface area contributed by atoms with Crippen molar-refractivity contribution in [1.82, 2.24) is 0 Å². The van der Waals surface area contributed by atoms with E-state index in [4.69, 9.17) is 23.2 Å². The predicted octanol–water partition coefficient (Wildman–Crippen LogP) is 4.34. The average Bonchev–Trinajstić information content (AvgIpc) is 2.93. The summed E-state index contributed by atoms with van der Waals surface area (Å²) in [4.78, 5) is 0. The van der Waals surface area contributed by atoms with Crippen molar-refractivity contribution in [3.8, 4) is 0 Å². The molecule has 0 saturated heterocycles. The first kappa shape index (κ1) is 11.0. The maximum Gasteiger partial charge on any atom is 0.126 e. The highest BCUT2D eigenvalue weighted by atomic mass is 35.5. The molecule has 0 bridgehead atoms. The Kier molecular flexibility index (Phi) is 3.37. The Morgan fingerprint density at radius 2 is 1.87 bits per heavy atom. The van der Waals surface area contributed by atoms with Gasteiger partial charge in [-0.1, -0.05) is 36.0 Å². The molecule has 0 aromatic heterocycles. The highest BCUT2D eigenvalue weighted by Crippen LogP contribution is 2.34. The molecule has 1 fully saturated rings. The van der Waals surface area contributed by atoms with Gasteiger partial charge in [-0.05, 0) is 24.5 Å². The van der Waals surface area contributed by atoms with E-state index in [9.17, 15) is 4.39 Å². The molecule has 1 aliphatic carbocycles. The van der Waals surface area contributed by atoms with Crippen LogP contribution in [0.2, 0.25) is 10.0 Å². The monoisotopic (exact) mass is 247 g/mol. The van der Waals surface area contributed by atoms with Crippen LogP contribution >= 0.6 is 23.2 Å². The van der Waals surface area contributed by atoms with Crippen LogP contribution in [0.3, 0.4) is 0 Å². The fourth-order valence-corrected chi connectivity index (χ4v) is 2.11. The van der Waals surface area contributed by atoms with E-state index >= 15 is 0 Å². The molecular weight excluding hydrogens is 236 g/mol. The average molecular weight is 248 g/mol. The molecule has 0 radical (unpaired) electrons. The van der Waals surface area contributed by atoms with Gasteiger partial charge in [-0.3, -0.25) is 0 Å². The van der Waals surface area contributed by atoms with E-state index in [1.807, 2.05) is 0 Å². The third kappa shape index (κ3) is 2.99. The van der Waals surface area contributed by atoms with Gasteiger partial charge < -0.3 is 5.32 Å². The second-order valence-electron chi connectivity index (χ2n) is 3.90. The maximum absolute atomic E-state index is 12.9. The molecule has 82 valence electrons. The maximum atomic E-state index is 12.9. The molecule has 1 nitrogen and oxygen atoms in total. The molecular formula is C11H12Cl2FN. The predicted molar refractivity (Wildman–Crippen MR) is 62.3 cm³/mol. The van der Waals surface area contributed by atoms with Crippen LogP contribution in [0.25, 0.3) is 0 Å². The van der Waals surface area contributed by atoms with Crippen LogP contribution in [0.5, 0.6) is 0 Å². The van der Waals surface area contributed by atoms with Gasteiger partial charge in [0.2, 0.25) is 0 Å². The SMILES string of the molecule is Fc1cc(Cl)c(NCCC2CC2)c(Cl)c1. The highest BCUT2D eigenvalue weighted by molar-refractivity contribution is 6.39. The first-order chi connectivity index (χ1) is 7.16. The quantitative estimate of drug-likeness (QED) is 0.835. The minimum atomic E-state index is -0.405. The van der Waals surface area contributed by atoms with Gasteiger partial charge in [0, 0.05) is 6.54 Å². The minimum absolute atomic E-state index is 0.343. The lowest BCUT2D eigenvalue weighted by molar-refractivity contribution is 0.628. The van der Waals surface area contributed by atoms with Crippen molar-refractivity contribution in [2.75, 3.05) is 11.9 Å². The van der Waals surface area contributed by atoms with Gasteiger partial charge in [-0.15, -0.1) is 0 Å². The van der Waals surface area contributed by atoms with E-state index in [2.05, 4.69) is 5.32 Å². The number of halogens is 3. The third-order valence-corrected chi connectivity index (χ3v) is 3.15. The summed E-state index contributed by atoms with van der Waals surface area (Å²) < 4.78 is 12.9. The van der Waals surface area contributed by atoms with Gasteiger partial charge in [0.05, 0.1) is 15.7 Å². The second kappa shape index (κ2) is 4.58. The molecule has 0 spiro atoms. The number of benzene rings is 1. The van der Waals surface area contributed by atoms with Crippen LogP contribution in [0.4, 0.5) is 10.1 Å². The number of hydrogen-bond acceptors (Lipinski definition) is 1. The van der Waals surface area contributed by atoms with E-state index in [0.717, 1.165) is 18.9 Å². The summed E-state index contributed by atoms with van der Waals surface area (Å²) in [5, 5.41) is 3.84. The van der Waals surface area contributed by atoms with Gasteiger partial charge >= 0.3 is 0 Å². The largest absolute Gasteiger partial charge is 0.383 e. The number of anilines is 1. The van der Waals surface area contributed by atoms with E-state index in [-0.39, 0.29) is 0 Å². The van der Waals surface area contributed by atoms with Crippen molar-refractivity contribution in [2.24, 2.45) is 5.92 Å². The van der Waals surface area contributed by atoms with Crippen LogP contribution in [0.15, 0.2) is 12.1 Å². The van der Waals surface area contributed by atoms with E-state index in [0.29, 0.717) is 15.7 Å². The van der Waals surface area contributed by atoms with Crippen LogP contribution in [0.1, 0.15) is 19.3 Å². The van der Waals surface area contributed by atoms with Gasteiger partial charge in [-0.25, -0.2) is 4.39 Å². The molecule has 1 N–H and O–H groups in total. The lowest BCUT2D eigenvalue weighted by Gasteiger charge is -2.10. The summed E-state index contributed by atoms with van der Waals surface area (Å²) in [6.45, 7) is 0.843. The molecule has 1 saturated carbocycles. The Bertz CT molecular complexity index is 341. The lowest BCUT2D eigenvalue weighted by atomic mass is 10.2. The zero-order chi connectivity index (χ0) is 10.8. The fourth-order valence-electron chi connectivity index (χ4n) is 1.52. The number of rotatable bonds is 4. The van der Waals surface area contributed by atoms with E-state index in [1.165, 1.54) is 25.0 Å². The van der Waals surface area contributed by atoms with Crippen molar-refractivity contribution in [3.63, 3.8) is 0 Å². The summed E-state index contributed by atoms with van der Waals surface area (Å²) in [7, 11) is 0. The van der Waals surface area contributed by atoms with E-state index < -0.39 is 5.82 Å². The second-order valence-corrected chi connectivity index (χ2v) is 4.72. The van der Waals surface area contributed by atoms with Crippen LogP contribution < -0.4 is 5.32 Å². The van der Waals surface area contributed by atoms with Gasteiger partial charge in [0.1, 0.15) is 5.82 Å². The van der Waals surface area contributed by atoms with Crippen LogP contribution in [0, 0.1) is 11.7 Å². The Hall–Kier alpha value is -0.470. The molecule has 15 heavy (non-hydrogen) atoms. The molecule has 1 aromatic rings. The summed E-state index contributed by atoms with van der Waals surface area (Å²) in [6, 6.07) is 2.54. The standard InChI is InChI=1S/C11H12Cl2FN/c12-9-5-8(14)6-10(13)11(9)15-4-3-7-1-2-7/h5-7,15H,1-4H2. The first-order valence-corrected chi connectivity index (χ1v) is 5.81. The minimum Gasteiger partial charge on any atom is -0.383 e. The van der Waals surface area contributed by atoms with Crippen LogP contribution in [-0.4, -0.2) is 6.54 Å². The summed E-state index contributed by atoms with van der Waals surface area (Å²) in [5.41, 5.74) is 0.639. The van der Waals surface area contributed by atoms with Crippen molar-refractivity contribution in [2.45, 2.75) is 19.3 Å². The summed E-state index contributed by atoms with van der Waals surface area (Å²) >= 11 is 11.8. The van der Waals surface area contributed by atoms with Gasteiger partial charge in [0.15, 0.2) is 0 Å². The smallest absolute Gasteiger partial charge is 0.126 e. The molecule has 4 heteroatoms. The molecule has 0 heterocycles. The summed E-state index contributed by atoms with van der Waals surface area (Å²) in [6.07, 6.45) is 3.78. The molecule has 0 amide bonds.